The fourth-order valence-electron chi connectivity index (χ4n) is 1.99. The van der Waals surface area contributed by atoms with Crippen molar-refractivity contribution in [3.8, 4) is 11.5 Å². The van der Waals surface area contributed by atoms with Gasteiger partial charge in [0, 0.05) is 5.56 Å². The van der Waals surface area contributed by atoms with Gasteiger partial charge in [-0.2, -0.15) is 0 Å². The van der Waals surface area contributed by atoms with Crippen LogP contribution < -0.4 is 9.47 Å². The first-order valence-corrected chi connectivity index (χ1v) is 6.48. The Bertz CT molecular complexity index is 356. The molecule has 1 aromatic carbocycles. The third-order valence-corrected chi connectivity index (χ3v) is 2.65. The zero-order valence-electron chi connectivity index (χ0n) is 11.7. The Morgan fingerprint density at radius 2 is 1.71 bits per heavy atom. The first-order valence-electron chi connectivity index (χ1n) is 6.48. The van der Waals surface area contributed by atoms with Crippen LogP contribution in [0.1, 0.15) is 38.8 Å². The summed E-state index contributed by atoms with van der Waals surface area (Å²) in [7, 11) is 0. The van der Waals surface area contributed by atoms with Crippen LogP contribution in [0.5, 0.6) is 11.5 Å². The third-order valence-electron chi connectivity index (χ3n) is 2.65. The second-order valence-electron chi connectivity index (χ2n) is 4.64. The Morgan fingerprint density at radius 3 is 2.24 bits per heavy atom. The van der Waals surface area contributed by atoms with Crippen molar-refractivity contribution in [1.29, 1.82) is 0 Å². The Balaban J connectivity index is 3.09. The lowest BCUT2D eigenvalue weighted by molar-refractivity contribution is 0.315. The van der Waals surface area contributed by atoms with Crippen LogP contribution in [0.3, 0.4) is 0 Å². The van der Waals surface area contributed by atoms with Crippen LogP contribution in [0, 0.1) is 12.8 Å². The molecule has 0 radical (unpaired) electrons. The Morgan fingerprint density at radius 1 is 1.06 bits per heavy atom. The molecule has 0 saturated heterocycles. The van der Waals surface area contributed by atoms with E-state index >= 15 is 0 Å². The van der Waals surface area contributed by atoms with Crippen molar-refractivity contribution in [3.63, 3.8) is 0 Å². The summed E-state index contributed by atoms with van der Waals surface area (Å²) >= 11 is 0. The van der Waals surface area contributed by atoms with Gasteiger partial charge >= 0.3 is 0 Å². The van der Waals surface area contributed by atoms with Gasteiger partial charge < -0.3 is 9.47 Å². The number of hydrogen-bond acceptors (Lipinski definition) is 2. The first-order chi connectivity index (χ1) is 8.10. The average Bonchev–Trinajstić information content (AvgIpc) is 2.27. The minimum atomic E-state index is 0.631. The first kappa shape index (κ1) is 13.9. The number of ether oxygens (including phenoxy) is 2. The summed E-state index contributed by atoms with van der Waals surface area (Å²) in [4.78, 5) is 0. The van der Waals surface area contributed by atoms with Gasteiger partial charge in [-0.25, -0.2) is 0 Å². The summed E-state index contributed by atoms with van der Waals surface area (Å²) in [6.45, 7) is 11.9. The highest BCUT2D eigenvalue weighted by Gasteiger charge is 2.12. The molecule has 1 rings (SSSR count). The largest absolute Gasteiger partial charge is 0.493 e. The van der Waals surface area contributed by atoms with Crippen LogP contribution in [0.2, 0.25) is 0 Å². The van der Waals surface area contributed by atoms with Gasteiger partial charge in [0.2, 0.25) is 0 Å². The van der Waals surface area contributed by atoms with Crippen LogP contribution >= 0.6 is 0 Å². The van der Waals surface area contributed by atoms with Gasteiger partial charge in [-0.3, -0.25) is 0 Å². The lowest BCUT2D eigenvalue weighted by Crippen LogP contribution is -2.04. The van der Waals surface area contributed by atoms with Crippen molar-refractivity contribution >= 4 is 0 Å². The lowest BCUT2D eigenvalue weighted by atomic mass is 9.99. The number of hydrogen-bond donors (Lipinski definition) is 0. The molecule has 0 N–H and O–H groups in total. The smallest absolute Gasteiger partial charge is 0.129 e. The minimum absolute atomic E-state index is 0.631. The molecule has 0 aliphatic heterocycles. The summed E-state index contributed by atoms with van der Waals surface area (Å²) in [5.41, 5.74) is 2.40. The van der Waals surface area contributed by atoms with Gasteiger partial charge in [-0.15, -0.1) is 0 Å². The van der Waals surface area contributed by atoms with E-state index in [9.17, 15) is 0 Å². The maximum atomic E-state index is 5.78. The van der Waals surface area contributed by atoms with Crippen molar-refractivity contribution in [2.75, 3.05) is 13.2 Å². The second kappa shape index (κ2) is 6.53. The molecule has 17 heavy (non-hydrogen) atoms. The monoisotopic (exact) mass is 236 g/mol. The van der Waals surface area contributed by atoms with Gasteiger partial charge in [0.15, 0.2) is 0 Å². The molecule has 2 nitrogen and oxygen atoms in total. The van der Waals surface area contributed by atoms with Crippen LogP contribution in [0.15, 0.2) is 12.1 Å². The molecular weight excluding hydrogens is 212 g/mol. The summed E-state index contributed by atoms with van der Waals surface area (Å²) < 4.78 is 11.4. The molecular formula is C15H24O2. The fourth-order valence-corrected chi connectivity index (χ4v) is 1.99. The molecule has 0 fully saturated rings. The van der Waals surface area contributed by atoms with Crippen molar-refractivity contribution in [1.82, 2.24) is 0 Å². The highest BCUT2D eigenvalue weighted by Crippen LogP contribution is 2.33. The molecule has 1 aromatic rings. The quantitative estimate of drug-likeness (QED) is 0.743. The summed E-state index contributed by atoms with van der Waals surface area (Å²) in [6.07, 6.45) is 1.04. The van der Waals surface area contributed by atoms with Crippen molar-refractivity contribution in [2.45, 2.75) is 41.0 Å². The van der Waals surface area contributed by atoms with Gasteiger partial charge in [-0.05, 0) is 44.7 Å². The number of rotatable bonds is 6. The number of benzene rings is 1. The fraction of sp³-hybridized carbons (Fsp3) is 0.600. The molecule has 0 spiro atoms. The Kier molecular flexibility index (Phi) is 5.33. The Hall–Kier alpha value is -1.18. The van der Waals surface area contributed by atoms with E-state index in [4.69, 9.17) is 9.47 Å². The van der Waals surface area contributed by atoms with E-state index in [2.05, 4.69) is 32.9 Å². The van der Waals surface area contributed by atoms with Crippen molar-refractivity contribution in [2.24, 2.45) is 5.92 Å². The molecule has 0 atom stereocenters. The zero-order valence-corrected chi connectivity index (χ0v) is 11.7. The topological polar surface area (TPSA) is 18.5 Å². The molecule has 0 saturated carbocycles. The minimum Gasteiger partial charge on any atom is -0.493 e. The summed E-state index contributed by atoms with van der Waals surface area (Å²) in [6, 6.07) is 4.18. The summed E-state index contributed by atoms with van der Waals surface area (Å²) in [5, 5.41) is 0. The van der Waals surface area contributed by atoms with E-state index < -0.39 is 0 Å². The van der Waals surface area contributed by atoms with E-state index in [0.717, 1.165) is 23.5 Å². The summed E-state index contributed by atoms with van der Waals surface area (Å²) in [5.74, 6) is 2.57. The van der Waals surface area contributed by atoms with Gasteiger partial charge in [-0.1, -0.05) is 19.9 Å². The molecule has 0 aliphatic carbocycles. The second-order valence-corrected chi connectivity index (χ2v) is 4.64. The predicted molar refractivity (Wildman–Crippen MR) is 72.1 cm³/mol. The Labute approximate surface area is 105 Å². The molecule has 96 valence electrons. The van der Waals surface area contributed by atoms with Crippen LogP contribution in [0.25, 0.3) is 0 Å². The van der Waals surface area contributed by atoms with Gasteiger partial charge in [0.1, 0.15) is 11.5 Å². The molecule has 0 heterocycles. The zero-order chi connectivity index (χ0) is 12.8. The van der Waals surface area contributed by atoms with Crippen molar-refractivity contribution < 1.29 is 9.47 Å². The lowest BCUT2D eigenvalue weighted by Gasteiger charge is -2.17. The standard InChI is InChI=1S/C15H24O2/c1-6-16-14-9-8-13(10-11(3)4)15(12(14)5)17-7-2/h8-9,11H,6-7,10H2,1-5H3. The van der Waals surface area contributed by atoms with Crippen LogP contribution in [-0.4, -0.2) is 13.2 Å². The van der Waals surface area contributed by atoms with Crippen LogP contribution in [0.4, 0.5) is 0 Å². The van der Waals surface area contributed by atoms with Crippen LogP contribution in [-0.2, 0) is 6.42 Å². The maximum absolute atomic E-state index is 5.78. The molecule has 0 amide bonds. The van der Waals surface area contributed by atoms with E-state index in [0.29, 0.717) is 19.1 Å². The molecule has 0 aliphatic rings. The molecule has 0 aromatic heterocycles. The molecule has 0 unspecified atom stereocenters. The van der Waals surface area contributed by atoms with Gasteiger partial charge in [0.25, 0.3) is 0 Å². The SMILES string of the molecule is CCOc1ccc(CC(C)C)c(OCC)c1C. The van der Waals surface area contributed by atoms with Crippen molar-refractivity contribution in [3.05, 3.63) is 23.3 Å². The van der Waals surface area contributed by atoms with E-state index in [1.165, 1.54) is 5.56 Å². The van der Waals surface area contributed by atoms with E-state index in [-0.39, 0.29) is 0 Å². The van der Waals surface area contributed by atoms with E-state index in [1.54, 1.807) is 0 Å². The van der Waals surface area contributed by atoms with Gasteiger partial charge in [0.05, 0.1) is 13.2 Å². The third kappa shape index (κ3) is 3.65. The maximum Gasteiger partial charge on any atom is 0.129 e. The molecule has 2 heteroatoms. The highest BCUT2D eigenvalue weighted by atomic mass is 16.5. The average molecular weight is 236 g/mol. The molecule has 0 bridgehead atoms. The van der Waals surface area contributed by atoms with E-state index in [1.807, 2.05) is 13.8 Å². The highest BCUT2D eigenvalue weighted by molar-refractivity contribution is 5.49. The normalized spacial score (nSPS) is 10.7. The predicted octanol–water partition coefficient (Wildman–Crippen LogP) is 3.99.